The normalized spacial score (nSPS) is 12.3. The van der Waals surface area contributed by atoms with Gasteiger partial charge in [-0.3, -0.25) is 0 Å². The fourth-order valence-electron chi connectivity index (χ4n) is 0.149. The van der Waals surface area contributed by atoms with E-state index in [1.165, 1.54) is 6.92 Å². The molecular weight excluding hydrogens is 97.1 g/mol. The highest BCUT2D eigenvalue weighted by Crippen LogP contribution is 1.86. The molecule has 0 saturated carbocycles. The molecule has 0 unspecified atom stereocenters. The Morgan fingerprint density at radius 1 is 2.00 bits per heavy atom. The first kappa shape index (κ1) is 6.24. The van der Waals surface area contributed by atoms with Crippen LogP contribution in [0, 0.1) is 0 Å². The van der Waals surface area contributed by atoms with Crippen molar-refractivity contribution in [2.45, 2.75) is 13.1 Å². The van der Waals surface area contributed by atoms with Crippen molar-refractivity contribution < 1.29 is 4.39 Å². The molecule has 0 rings (SSSR count). The maximum Gasteiger partial charge on any atom is 0.103 e. The molecule has 0 radical (unpaired) electrons. The van der Waals surface area contributed by atoms with E-state index in [1.807, 2.05) is 0 Å². The molecule has 0 aromatic carbocycles. The fourth-order valence-corrected chi connectivity index (χ4v) is 0.149. The van der Waals surface area contributed by atoms with Crippen LogP contribution in [0.15, 0.2) is 5.11 Å². The third-order valence-electron chi connectivity index (χ3n) is 0.396. The molecule has 4 heteroatoms. The molecule has 7 heavy (non-hydrogen) atoms. The highest BCUT2D eigenvalue weighted by Gasteiger charge is 1.90. The van der Waals surface area contributed by atoms with E-state index in [4.69, 9.17) is 5.53 Å². The van der Waals surface area contributed by atoms with Crippen molar-refractivity contribution in [3.63, 3.8) is 0 Å². The van der Waals surface area contributed by atoms with Gasteiger partial charge in [-0.2, -0.15) is 0 Å². The zero-order valence-corrected chi connectivity index (χ0v) is 4.00. The first-order chi connectivity index (χ1) is 3.27. The molecule has 0 heterocycles. The van der Waals surface area contributed by atoms with Crippen molar-refractivity contribution in [3.05, 3.63) is 10.4 Å². The average Bonchev–Trinajstić information content (AvgIpc) is 1.61. The zero-order valence-electron chi connectivity index (χ0n) is 4.00. The molecule has 0 spiro atoms. The summed E-state index contributed by atoms with van der Waals surface area (Å²) in [5, 5.41) is 2.98. The Morgan fingerprint density at radius 3 is 2.71 bits per heavy atom. The maximum absolute atomic E-state index is 11.6. The van der Waals surface area contributed by atoms with Crippen molar-refractivity contribution in [2.75, 3.05) is 6.54 Å². The van der Waals surface area contributed by atoms with Crippen LogP contribution in [0.25, 0.3) is 10.4 Å². The Labute approximate surface area is 40.8 Å². The van der Waals surface area contributed by atoms with Gasteiger partial charge in [0.15, 0.2) is 0 Å². The summed E-state index contributed by atoms with van der Waals surface area (Å²) in [6.45, 7) is 1.28. The number of rotatable bonds is 2. The van der Waals surface area contributed by atoms with Gasteiger partial charge < -0.3 is 0 Å². The SMILES string of the molecule is C[C@@H](F)CN=[N+]=[N-]. The largest absolute Gasteiger partial charge is 0.248 e. The number of nitrogens with zero attached hydrogens (tertiary/aromatic N) is 3. The van der Waals surface area contributed by atoms with E-state index < -0.39 is 6.17 Å². The smallest absolute Gasteiger partial charge is 0.103 e. The topological polar surface area (TPSA) is 48.8 Å². The van der Waals surface area contributed by atoms with E-state index >= 15 is 0 Å². The Kier molecular flexibility index (Phi) is 3.06. The lowest BCUT2D eigenvalue weighted by atomic mass is 10.5. The van der Waals surface area contributed by atoms with E-state index in [9.17, 15) is 4.39 Å². The second-order valence-electron chi connectivity index (χ2n) is 1.19. The van der Waals surface area contributed by atoms with Gasteiger partial charge in [0, 0.05) is 4.91 Å². The third kappa shape index (κ3) is 5.24. The molecule has 40 valence electrons. The lowest BCUT2D eigenvalue weighted by Crippen LogP contribution is -1.94. The summed E-state index contributed by atoms with van der Waals surface area (Å²) in [4.78, 5) is 2.36. The molecule has 0 aliphatic rings. The monoisotopic (exact) mass is 103 g/mol. The Bertz CT molecular complexity index is 84.2. The Morgan fingerprint density at radius 2 is 2.57 bits per heavy atom. The molecule has 0 aromatic heterocycles. The van der Waals surface area contributed by atoms with Gasteiger partial charge in [0.2, 0.25) is 0 Å². The lowest BCUT2D eigenvalue weighted by Gasteiger charge is -1.87. The highest BCUT2D eigenvalue weighted by atomic mass is 19.1. The minimum Gasteiger partial charge on any atom is -0.248 e. The van der Waals surface area contributed by atoms with Gasteiger partial charge in [-0.25, -0.2) is 4.39 Å². The van der Waals surface area contributed by atoms with Gasteiger partial charge in [-0.15, -0.1) is 0 Å². The molecule has 1 atom stereocenters. The summed E-state index contributed by atoms with van der Waals surface area (Å²) in [6.07, 6.45) is -1.02. The number of hydrogen-bond acceptors (Lipinski definition) is 1. The van der Waals surface area contributed by atoms with E-state index in [0.717, 1.165) is 0 Å². The van der Waals surface area contributed by atoms with Gasteiger partial charge in [0.1, 0.15) is 6.17 Å². The van der Waals surface area contributed by atoms with Crippen LogP contribution in [0.3, 0.4) is 0 Å². The molecule has 0 amide bonds. The summed E-state index contributed by atoms with van der Waals surface area (Å²) >= 11 is 0. The third-order valence-corrected chi connectivity index (χ3v) is 0.396. The second-order valence-corrected chi connectivity index (χ2v) is 1.19. The van der Waals surface area contributed by atoms with Crippen molar-refractivity contribution in [1.29, 1.82) is 0 Å². The first-order valence-electron chi connectivity index (χ1n) is 1.92. The van der Waals surface area contributed by atoms with Crippen LogP contribution in [0.4, 0.5) is 4.39 Å². The summed E-state index contributed by atoms with van der Waals surface area (Å²) in [5.41, 5.74) is 7.61. The molecule has 0 fully saturated rings. The zero-order chi connectivity index (χ0) is 5.70. The summed E-state index contributed by atoms with van der Waals surface area (Å²) in [7, 11) is 0. The summed E-state index contributed by atoms with van der Waals surface area (Å²) in [5.74, 6) is 0. The van der Waals surface area contributed by atoms with Crippen LogP contribution in [0.5, 0.6) is 0 Å². The quantitative estimate of drug-likeness (QED) is 0.290. The van der Waals surface area contributed by atoms with E-state index in [0.29, 0.717) is 0 Å². The number of alkyl halides is 1. The maximum atomic E-state index is 11.6. The van der Waals surface area contributed by atoms with Crippen molar-refractivity contribution in [3.8, 4) is 0 Å². The lowest BCUT2D eigenvalue weighted by molar-refractivity contribution is 0.370. The molecule has 0 aliphatic carbocycles. The van der Waals surface area contributed by atoms with Crippen molar-refractivity contribution in [2.24, 2.45) is 5.11 Å². The number of halogens is 1. The predicted molar refractivity (Wildman–Crippen MR) is 24.6 cm³/mol. The van der Waals surface area contributed by atoms with Crippen LogP contribution in [-0.4, -0.2) is 12.7 Å². The van der Waals surface area contributed by atoms with E-state index in [2.05, 4.69) is 10.0 Å². The van der Waals surface area contributed by atoms with Crippen LogP contribution >= 0.6 is 0 Å². The van der Waals surface area contributed by atoms with Crippen LogP contribution in [0.2, 0.25) is 0 Å². The fraction of sp³-hybridized carbons (Fsp3) is 1.00. The van der Waals surface area contributed by atoms with Crippen LogP contribution in [0.1, 0.15) is 6.92 Å². The highest BCUT2D eigenvalue weighted by molar-refractivity contribution is 4.51. The number of azide groups is 1. The number of hydrogen-bond donors (Lipinski definition) is 0. The molecule has 0 N–H and O–H groups in total. The van der Waals surface area contributed by atoms with Crippen molar-refractivity contribution >= 4 is 0 Å². The second kappa shape index (κ2) is 3.43. The standard InChI is InChI=1S/C3H6FN3/c1-3(4)2-6-7-5/h3H,2H2,1H3/t3-/m1/s1. The van der Waals surface area contributed by atoms with Crippen LogP contribution in [-0.2, 0) is 0 Å². The molecule has 0 saturated heterocycles. The van der Waals surface area contributed by atoms with Gasteiger partial charge in [0.05, 0.1) is 6.54 Å². The van der Waals surface area contributed by atoms with Crippen molar-refractivity contribution in [1.82, 2.24) is 0 Å². The summed E-state index contributed by atoms with van der Waals surface area (Å²) in [6, 6.07) is 0. The average molecular weight is 103 g/mol. The molecule has 0 bridgehead atoms. The molecule has 0 aliphatic heterocycles. The Balaban J connectivity index is 3.13. The van der Waals surface area contributed by atoms with E-state index in [-0.39, 0.29) is 6.54 Å². The van der Waals surface area contributed by atoms with Gasteiger partial charge in [-0.05, 0) is 12.5 Å². The van der Waals surface area contributed by atoms with Crippen LogP contribution < -0.4 is 0 Å². The van der Waals surface area contributed by atoms with Gasteiger partial charge in [0.25, 0.3) is 0 Å². The Hall–Kier alpha value is -0.760. The van der Waals surface area contributed by atoms with Gasteiger partial charge in [-0.1, -0.05) is 5.11 Å². The van der Waals surface area contributed by atoms with Gasteiger partial charge >= 0.3 is 0 Å². The van der Waals surface area contributed by atoms with E-state index in [1.54, 1.807) is 0 Å². The minimum atomic E-state index is -1.02. The first-order valence-corrected chi connectivity index (χ1v) is 1.92. The predicted octanol–water partition coefficient (Wildman–Crippen LogP) is 1.65. The minimum absolute atomic E-state index is 0.0590. The molecule has 3 nitrogen and oxygen atoms in total. The molecule has 0 aromatic rings. The summed E-state index contributed by atoms with van der Waals surface area (Å²) < 4.78 is 11.6. The molecular formula is C3H6FN3.